The number of anilines is 1. The van der Waals surface area contributed by atoms with E-state index in [9.17, 15) is 9.59 Å². The van der Waals surface area contributed by atoms with Gasteiger partial charge in [0.05, 0.1) is 11.6 Å². The molecule has 1 unspecified atom stereocenters. The number of urea groups is 1. The monoisotopic (exact) mass is 356 g/mol. The number of carbonyl (C=O) groups excluding carboxylic acids is 1. The third kappa shape index (κ3) is 3.45. The van der Waals surface area contributed by atoms with Crippen molar-refractivity contribution in [3.05, 3.63) is 40.8 Å². The van der Waals surface area contributed by atoms with Crippen LogP contribution >= 0.6 is 0 Å². The molecule has 2 amide bonds. The first-order chi connectivity index (χ1) is 12.6. The fourth-order valence-corrected chi connectivity index (χ4v) is 3.78. The second-order valence-corrected chi connectivity index (χ2v) is 7.15. The number of hydrogen-bond acceptors (Lipinski definition) is 5. The average molecular weight is 356 g/mol. The van der Waals surface area contributed by atoms with Crippen molar-refractivity contribution in [1.82, 2.24) is 14.7 Å². The molecule has 3 heterocycles. The number of rotatable bonds is 2. The highest BCUT2D eigenvalue weighted by Gasteiger charge is 2.31. The van der Waals surface area contributed by atoms with E-state index in [2.05, 4.69) is 22.2 Å². The Labute approximate surface area is 152 Å². The largest absolute Gasteiger partial charge is 0.464 e. The summed E-state index contributed by atoms with van der Waals surface area (Å²) in [5.41, 5.74) is 1.02. The van der Waals surface area contributed by atoms with Crippen molar-refractivity contribution in [2.75, 3.05) is 51.6 Å². The summed E-state index contributed by atoms with van der Waals surface area (Å²) in [5, 5.41) is 3.39. The Balaban J connectivity index is 1.39. The van der Waals surface area contributed by atoms with Crippen molar-refractivity contribution < 1.29 is 9.21 Å². The van der Waals surface area contributed by atoms with Crippen molar-refractivity contribution in [3.8, 4) is 0 Å². The van der Waals surface area contributed by atoms with Crippen LogP contribution < -0.4 is 10.7 Å². The number of hydrogen-bond donors (Lipinski definition) is 1. The first-order valence-electron chi connectivity index (χ1n) is 9.10. The number of fused-ring (bicyclic) bond motifs is 1. The van der Waals surface area contributed by atoms with E-state index < -0.39 is 0 Å². The van der Waals surface area contributed by atoms with E-state index in [0.717, 1.165) is 45.7 Å². The highest BCUT2D eigenvalue weighted by atomic mass is 16.3. The molecule has 1 N–H and O–H groups in total. The highest BCUT2D eigenvalue weighted by molar-refractivity contribution is 5.92. The van der Waals surface area contributed by atoms with Crippen LogP contribution in [0, 0.1) is 0 Å². The van der Waals surface area contributed by atoms with Crippen LogP contribution in [0.4, 0.5) is 10.5 Å². The zero-order valence-corrected chi connectivity index (χ0v) is 15.0. The zero-order valence-electron chi connectivity index (χ0n) is 15.0. The van der Waals surface area contributed by atoms with Crippen molar-refractivity contribution in [2.24, 2.45) is 0 Å². The van der Waals surface area contributed by atoms with Gasteiger partial charge in [-0.15, -0.1) is 0 Å². The summed E-state index contributed by atoms with van der Waals surface area (Å²) >= 11 is 0. The van der Waals surface area contributed by atoms with Gasteiger partial charge in [0, 0.05) is 57.1 Å². The molecule has 0 aliphatic carbocycles. The lowest BCUT2D eigenvalue weighted by atomic mass is 10.2. The molecular formula is C19H24N4O3. The molecule has 2 aliphatic heterocycles. The number of nitrogens with one attached hydrogen (secondary N) is 1. The van der Waals surface area contributed by atoms with Gasteiger partial charge in [0.15, 0.2) is 5.43 Å². The number of carbonyl (C=O) groups is 1. The molecule has 1 atom stereocenters. The molecule has 7 heteroatoms. The normalized spacial score (nSPS) is 22.0. The molecule has 0 bridgehead atoms. The topological polar surface area (TPSA) is 69.0 Å². The number of piperazine rings is 1. The summed E-state index contributed by atoms with van der Waals surface area (Å²) < 4.78 is 5.31. The summed E-state index contributed by atoms with van der Waals surface area (Å²) in [6.07, 6.45) is 2.39. The van der Waals surface area contributed by atoms with Crippen LogP contribution in [0.5, 0.6) is 0 Å². The van der Waals surface area contributed by atoms with E-state index in [1.54, 1.807) is 18.2 Å². The van der Waals surface area contributed by atoms with E-state index in [0.29, 0.717) is 22.7 Å². The summed E-state index contributed by atoms with van der Waals surface area (Å²) in [5.74, 6) is 0. The minimum atomic E-state index is -0.112. The quantitative estimate of drug-likeness (QED) is 0.886. The standard InChI is InChI=1S/C19H24N4O3/c1-21-7-9-22(10-8-21)15-4-6-23(13-15)19(25)20-14-2-3-18-16(12-14)17(24)5-11-26-18/h2-3,5,11-12,15H,4,6-10,13H2,1H3,(H,20,25). The SMILES string of the molecule is CN1CCN(C2CCN(C(=O)Nc3ccc4occc(=O)c4c3)C2)CC1. The van der Waals surface area contributed by atoms with Gasteiger partial charge in [-0.1, -0.05) is 0 Å². The molecular weight excluding hydrogens is 332 g/mol. The molecule has 2 saturated heterocycles. The molecule has 138 valence electrons. The third-order valence-corrected chi connectivity index (χ3v) is 5.42. The van der Waals surface area contributed by atoms with Crippen LogP contribution in [0.25, 0.3) is 11.0 Å². The average Bonchev–Trinajstić information content (AvgIpc) is 3.13. The number of likely N-dealkylation sites (tertiary alicyclic amines) is 1. The van der Waals surface area contributed by atoms with Gasteiger partial charge in [-0.2, -0.15) is 0 Å². The van der Waals surface area contributed by atoms with E-state index in [-0.39, 0.29) is 11.5 Å². The second kappa shape index (κ2) is 7.09. The molecule has 26 heavy (non-hydrogen) atoms. The zero-order chi connectivity index (χ0) is 18.1. The maximum absolute atomic E-state index is 12.6. The first kappa shape index (κ1) is 17.1. The Kier molecular flexibility index (Phi) is 4.65. The maximum Gasteiger partial charge on any atom is 0.321 e. The minimum Gasteiger partial charge on any atom is -0.464 e. The summed E-state index contributed by atoms with van der Waals surface area (Å²) in [7, 11) is 2.15. The molecule has 4 rings (SSSR count). The van der Waals surface area contributed by atoms with Gasteiger partial charge in [0.25, 0.3) is 0 Å². The maximum atomic E-state index is 12.6. The lowest BCUT2D eigenvalue weighted by Gasteiger charge is -2.36. The lowest BCUT2D eigenvalue weighted by Crippen LogP contribution is -2.50. The summed E-state index contributed by atoms with van der Waals surface area (Å²) in [6.45, 7) is 5.82. The molecule has 2 fully saturated rings. The van der Waals surface area contributed by atoms with E-state index in [4.69, 9.17) is 4.42 Å². The Morgan fingerprint density at radius 2 is 1.96 bits per heavy atom. The van der Waals surface area contributed by atoms with Crippen molar-refractivity contribution in [3.63, 3.8) is 0 Å². The fourth-order valence-electron chi connectivity index (χ4n) is 3.78. The molecule has 7 nitrogen and oxygen atoms in total. The second-order valence-electron chi connectivity index (χ2n) is 7.15. The van der Waals surface area contributed by atoms with Gasteiger partial charge in [0.1, 0.15) is 5.58 Å². The van der Waals surface area contributed by atoms with Crippen LogP contribution in [0.2, 0.25) is 0 Å². The molecule has 2 aromatic rings. The Bertz CT molecular complexity index is 857. The van der Waals surface area contributed by atoms with Crippen LogP contribution in [-0.4, -0.2) is 73.1 Å². The Hall–Kier alpha value is -2.38. The number of likely N-dealkylation sites (N-methyl/N-ethyl adjacent to an activating group) is 1. The van der Waals surface area contributed by atoms with Crippen LogP contribution in [0.1, 0.15) is 6.42 Å². The predicted octanol–water partition coefficient (Wildman–Crippen LogP) is 1.65. The van der Waals surface area contributed by atoms with Gasteiger partial charge >= 0.3 is 6.03 Å². The minimum absolute atomic E-state index is 0.110. The third-order valence-electron chi connectivity index (χ3n) is 5.42. The van der Waals surface area contributed by atoms with Crippen LogP contribution in [0.3, 0.4) is 0 Å². The van der Waals surface area contributed by atoms with Crippen LogP contribution in [0.15, 0.2) is 39.7 Å². The van der Waals surface area contributed by atoms with Gasteiger partial charge in [-0.05, 0) is 31.7 Å². The fraction of sp³-hybridized carbons (Fsp3) is 0.474. The number of benzene rings is 1. The molecule has 0 saturated carbocycles. The summed E-state index contributed by atoms with van der Waals surface area (Å²) in [4.78, 5) is 31.2. The number of nitrogens with zero attached hydrogens (tertiary/aromatic N) is 3. The van der Waals surface area contributed by atoms with E-state index >= 15 is 0 Å². The van der Waals surface area contributed by atoms with Gasteiger partial charge in [-0.25, -0.2) is 4.79 Å². The Morgan fingerprint density at radius 1 is 1.15 bits per heavy atom. The van der Waals surface area contributed by atoms with Crippen LogP contribution in [-0.2, 0) is 0 Å². The molecule has 1 aromatic heterocycles. The lowest BCUT2D eigenvalue weighted by molar-refractivity contribution is 0.115. The number of amides is 2. The van der Waals surface area contributed by atoms with Crippen molar-refractivity contribution in [2.45, 2.75) is 12.5 Å². The molecule has 1 aromatic carbocycles. The van der Waals surface area contributed by atoms with E-state index in [1.165, 1.54) is 12.3 Å². The highest BCUT2D eigenvalue weighted by Crippen LogP contribution is 2.20. The smallest absolute Gasteiger partial charge is 0.321 e. The molecule has 0 radical (unpaired) electrons. The molecule has 0 spiro atoms. The van der Waals surface area contributed by atoms with Gasteiger partial charge in [-0.3, -0.25) is 9.69 Å². The van der Waals surface area contributed by atoms with E-state index in [1.807, 2.05) is 4.90 Å². The van der Waals surface area contributed by atoms with Gasteiger partial charge < -0.3 is 19.5 Å². The first-order valence-corrected chi connectivity index (χ1v) is 9.10. The Morgan fingerprint density at radius 3 is 2.77 bits per heavy atom. The molecule has 2 aliphatic rings. The predicted molar refractivity (Wildman–Crippen MR) is 101 cm³/mol. The van der Waals surface area contributed by atoms with Crippen molar-refractivity contribution >= 4 is 22.7 Å². The van der Waals surface area contributed by atoms with Gasteiger partial charge in [0.2, 0.25) is 0 Å². The summed E-state index contributed by atoms with van der Waals surface area (Å²) in [6, 6.07) is 6.86. The van der Waals surface area contributed by atoms with Crippen molar-refractivity contribution in [1.29, 1.82) is 0 Å².